The summed E-state index contributed by atoms with van der Waals surface area (Å²) in [6.07, 6.45) is 8.31. The van der Waals surface area contributed by atoms with Crippen LogP contribution in [0.25, 0.3) is 0 Å². The van der Waals surface area contributed by atoms with Gasteiger partial charge in [-0.05, 0) is 87.2 Å². The SMILES string of the molecule is Cl.O=C(N[C@H]1CC[C@H](Oc2ccc3c(c2)CC[C@@H](c2ccccc2)O3)CC1)C1CCCN1. The minimum Gasteiger partial charge on any atom is -0.490 e. The van der Waals surface area contributed by atoms with Crippen LogP contribution >= 0.6 is 12.4 Å². The fraction of sp³-hybridized carbons (Fsp3) is 0.500. The van der Waals surface area contributed by atoms with Crippen LogP contribution < -0.4 is 20.1 Å². The van der Waals surface area contributed by atoms with Gasteiger partial charge in [-0.2, -0.15) is 0 Å². The van der Waals surface area contributed by atoms with Gasteiger partial charge < -0.3 is 20.1 Å². The van der Waals surface area contributed by atoms with Crippen molar-refractivity contribution in [3.05, 3.63) is 59.7 Å². The Hall–Kier alpha value is -2.24. The number of aryl methyl sites for hydroxylation is 1. The van der Waals surface area contributed by atoms with E-state index in [0.717, 1.165) is 69.4 Å². The molecule has 3 aliphatic rings. The molecule has 2 aromatic rings. The van der Waals surface area contributed by atoms with Crippen LogP contribution in [0.4, 0.5) is 0 Å². The molecule has 2 aromatic carbocycles. The summed E-state index contributed by atoms with van der Waals surface area (Å²) in [6.45, 7) is 0.956. The molecule has 5 nitrogen and oxygen atoms in total. The molecule has 2 aliphatic heterocycles. The number of hydrogen-bond acceptors (Lipinski definition) is 4. The summed E-state index contributed by atoms with van der Waals surface area (Å²) in [5.41, 5.74) is 2.47. The van der Waals surface area contributed by atoms with Crippen molar-refractivity contribution in [2.75, 3.05) is 6.54 Å². The number of fused-ring (bicyclic) bond motifs is 1. The van der Waals surface area contributed by atoms with Gasteiger partial charge in [-0.15, -0.1) is 12.4 Å². The first-order valence-corrected chi connectivity index (χ1v) is 11.8. The molecule has 0 spiro atoms. The van der Waals surface area contributed by atoms with E-state index in [9.17, 15) is 4.79 Å². The summed E-state index contributed by atoms with van der Waals surface area (Å²) >= 11 is 0. The number of nitrogens with one attached hydrogen (secondary N) is 2. The maximum atomic E-state index is 12.3. The topological polar surface area (TPSA) is 59.6 Å². The van der Waals surface area contributed by atoms with E-state index in [0.29, 0.717) is 0 Å². The first-order chi connectivity index (χ1) is 15.2. The number of benzene rings is 2. The molecular weight excluding hydrogens is 424 g/mol. The van der Waals surface area contributed by atoms with Gasteiger partial charge in [0.2, 0.25) is 5.91 Å². The van der Waals surface area contributed by atoms with Crippen molar-refractivity contribution in [1.82, 2.24) is 10.6 Å². The molecule has 0 bridgehead atoms. The van der Waals surface area contributed by atoms with Crippen molar-refractivity contribution in [1.29, 1.82) is 0 Å². The van der Waals surface area contributed by atoms with Gasteiger partial charge >= 0.3 is 0 Å². The van der Waals surface area contributed by atoms with Gasteiger partial charge in [0.05, 0.1) is 12.1 Å². The molecule has 6 heteroatoms. The number of rotatable bonds is 5. The number of carbonyl (C=O) groups is 1. The maximum absolute atomic E-state index is 12.3. The Balaban J connectivity index is 0.00000245. The average molecular weight is 457 g/mol. The lowest BCUT2D eigenvalue weighted by atomic mass is 9.92. The molecule has 0 radical (unpaired) electrons. The Morgan fingerprint density at radius 1 is 1.00 bits per heavy atom. The standard InChI is InChI=1S/C26H32N2O3.ClH/c29-26(23-7-4-16-27-23)28-20-9-11-21(12-10-20)30-22-13-15-25-19(17-22)8-14-24(31-25)18-5-2-1-3-6-18;/h1-3,5-6,13,15,17,20-21,23-24,27H,4,7-12,14,16H2,(H,28,29);1H/t20-,21-,23?,24-;/m0./s1. The highest BCUT2D eigenvalue weighted by atomic mass is 35.5. The molecule has 172 valence electrons. The predicted octanol–water partition coefficient (Wildman–Crippen LogP) is 4.73. The lowest BCUT2D eigenvalue weighted by Gasteiger charge is -2.31. The number of carbonyl (C=O) groups excluding carboxylic acids is 1. The van der Waals surface area contributed by atoms with Crippen LogP contribution in [-0.2, 0) is 11.2 Å². The Kier molecular flexibility index (Phi) is 7.59. The molecular formula is C26H33ClN2O3. The second-order valence-corrected chi connectivity index (χ2v) is 9.07. The van der Waals surface area contributed by atoms with Crippen molar-refractivity contribution < 1.29 is 14.3 Å². The Morgan fingerprint density at radius 3 is 2.56 bits per heavy atom. The lowest BCUT2D eigenvalue weighted by molar-refractivity contribution is -0.123. The van der Waals surface area contributed by atoms with Gasteiger partial charge in [-0.25, -0.2) is 0 Å². The first kappa shape index (κ1) is 22.9. The fourth-order valence-electron chi connectivity index (χ4n) is 5.07. The number of hydrogen-bond donors (Lipinski definition) is 2. The Labute approximate surface area is 196 Å². The summed E-state index contributed by atoms with van der Waals surface area (Å²) in [5, 5.41) is 6.51. The quantitative estimate of drug-likeness (QED) is 0.682. The van der Waals surface area contributed by atoms with Crippen LogP contribution in [-0.4, -0.2) is 30.6 Å². The van der Waals surface area contributed by atoms with E-state index in [1.807, 2.05) is 12.1 Å². The molecule has 32 heavy (non-hydrogen) atoms. The maximum Gasteiger partial charge on any atom is 0.237 e. The van der Waals surface area contributed by atoms with Crippen LogP contribution in [0.2, 0.25) is 0 Å². The molecule has 2 fully saturated rings. The van der Waals surface area contributed by atoms with Crippen LogP contribution in [0.3, 0.4) is 0 Å². The third kappa shape index (κ3) is 5.38. The van der Waals surface area contributed by atoms with Crippen LogP contribution in [0.15, 0.2) is 48.5 Å². The highest BCUT2D eigenvalue weighted by molar-refractivity contribution is 5.85. The Bertz CT molecular complexity index is 893. The highest BCUT2D eigenvalue weighted by Crippen LogP contribution is 2.37. The second kappa shape index (κ2) is 10.6. The zero-order chi connectivity index (χ0) is 21.0. The van der Waals surface area contributed by atoms with E-state index < -0.39 is 0 Å². The summed E-state index contributed by atoms with van der Waals surface area (Å²) < 4.78 is 12.6. The van der Waals surface area contributed by atoms with Crippen LogP contribution in [0, 0.1) is 0 Å². The smallest absolute Gasteiger partial charge is 0.237 e. The minimum atomic E-state index is 0. The Morgan fingerprint density at radius 2 is 1.81 bits per heavy atom. The van der Waals surface area contributed by atoms with Crippen molar-refractivity contribution in [2.24, 2.45) is 0 Å². The third-order valence-electron chi connectivity index (χ3n) is 6.85. The second-order valence-electron chi connectivity index (χ2n) is 9.07. The van der Waals surface area contributed by atoms with Crippen molar-refractivity contribution in [2.45, 2.75) is 75.7 Å². The minimum absolute atomic E-state index is 0. The summed E-state index contributed by atoms with van der Waals surface area (Å²) in [4.78, 5) is 12.3. The van der Waals surface area contributed by atoms with Crippen LogP contribution in [0.5, 0.6) is 11.5 Å². The monoisotopic (exact) mass is 456 g/mol. The van der Waals surface area contributed by atoms with Gasteiger partial charge in [-0.1, -0.05) is 30.3 Å². The predicted molar refractivity (Wildman–Crippen MR) is 128 cm³/mol. The van der Waals surface area contributed by atoms with E-state index in [1.54, 1.807) is 0 Å². The molecule has 1 saturated carbocycles. The molecule has 1 aliphatic carbocycles. The number of halogens is 1. The molecule has 1 unspecified atom stereocenters. The average Bonchev–Trinajstić information content (AvgIpc) is 3.36. The van der Waals surface area contributed by atoms with E-state index in [1.165, 1.54) is 11.1 Å². The summed E-state index contributed by atoms with van der Waals surface area (Å²) in [7, 11) is 0. The van der Waals surface area contributed by atoms with E-state index >= 15 is 0 Å². The van der Waals surface area contributed by atoms with E-state index in [-0.39, 0.29) is 42.6 Å². The zero-order valence-corrected chi connectivity index (χ0v) is 19.2. The zero-order valence-electron chi connectivity index (χ0n) is 18.4. The fourth-order valence-corrected chi connectivity index (χ4v) is 5.07. The summed E-state index contributed by atoms with van der Waals surface area (Å²) in [5.74, 6) is 2.08. The molecule has 0 aromatic heterocycles. The molecule has 2 atom stereocenters. The van der Waals surface area contributed by atoms with Gasteiger partial charge in [0.25, 0.3) is 0 Å². The van der Waals surface area contributed by atoms with E-state index in [4.69, 9.17) is 9.47 Å². The van der Waals surface area contributed by atoms with Gasteiger partial charge in [0.1, 0.15) is 17.6 Å². The van der Waals surface area contributed by atoms with Crippen molar-refractivity contribution in [3.63, 3.8) is 0 Å². The van der Waals surface area contributed by atoms with Crippen LogP contribution in [0.1, 0.15) is 62.2 Å². The molecule has 2 heterocycles. The molecule has 1 amide bonds. The lowest BCUT2D eigenvalue weighted by Crippen LogP contribution is -2.47. The van der Waals surface area contributed by atoms with Gasteiger partial charge in [0, 0.05) is 6.04 Å². The molecule has 5 rings (SSSR count). The number of amides is 1. The molecule has 1 saturated heterocycles. The van der Waals surface area contributed by atoms with Crippen molar-refractivity contribution in [3.8, 4) is 11.5 Å². The number of ether oxygens (including phenoxy) is 2. The largest absolute Gasteiger partial charge is 0.490 e. The highest BCUT2D eigenvalue weighted by Gasteiger charge is 2.28. The van der Waals surface area contributed by atoms with Gasteiger partial charge in [0.15, 0.2) is 0 Å². The van der Waals surface area contributed by atoms with Gasteiger partial charge in [-0.3, -0.25) is 4.79 Å². The first-order valence-electron chi connectivity index (χ1n) is 11.8. The third-order valence-corrected chi connectivity index (χ3v) is 6.85. The summed E-state index contributed by atoms with van der Waals surface area (Å²) in [6, 6.07) is 17.0. The van der Waals surface area contributed by atoms with E-state index in [2.05, 4.69) is 47.0 Å². The van der Waals surface area contributed by atoms with Crippen molar-refractivity contribution >= 4 is 18.3 Å². The normalized spacial score (nSPS) is 26.9. The molecule has 2 N–H and O–H groups in total.